The van der Waals surface area contributed by atoms with Crippen molar-refractivity contribution in [1.29, 1.82) is 0 Å². The van der Waals surface area contributed by atoms with Gasteiger partial charge in [0.1, 0.15) is 10.1 Å². The van der Waals surface area contributed by atoms with Gasteiger partial charge < -0.3 is 9.53 Å². The van der Waals surface area contributed by atoms with E-state index in [1.165, 1.54) is 5.56 Å². The molecule has 0 aliphatic carbocycles. The van der Waals surface area contributed by atoms with E-state index in [0.29, 0.717) is 17.2 Å². The first kappa shape index (κ1) is 26.9. The molecule has 1 fully saturated rings. The molecule has 1 aliphatic heterocycles. The second-order valence-electron chi connectivity index (χ2n) is 10.6. The van der Waals surface area contributed by atoms with Gasteiger partial charge in [0.15, 0.2) is 0 Å². The molecular weight excluding hydrogens is 479 g/mol. The predicted molar refractivity (Wildman–Crippen MR) is 149 cm³/mol. The van der Waals surface area contributed by atoms with Gasteiger partial charge in [0.05, 0.1) is 18.6 Å². The van der Waals surface area contributed by atoms with Gasteiger partial charge in [-0.15, -0.1) is 0 Å². The van der Waals surface area contributed by atoms with Gasteiger partial charge in [-0.25, -0.2) is 0 Å². The number of thiocarbonyl (C=S) groups is 1. The van der Waals surface area contributed by atoms with E-state index in [1.54, 1.807) is 16.7 Å². The number of amides is 1. The fourth-order valence-electron chi connectivity index (χ4n) is 3.71. The van der Waals surface area contributed by atoms with Gasteiger partial charge in [-0.3, -0.25) is 9.69 Å². The molecule has 0 aromatic heterocycles. The highest BCUT2D eigenvalue weighted by molar-refractivity contribution is 8.23. The van der Waals surface area contributed by atoms with Gasteiger partial charge in [-0.05, 0) is 60.7 Å². The summed E-state index contributed by atoms with van der Waals surface area (Å²) in [6.45, 7) is 11.2. The molecule has 184 valence electrons. The Hall–Kier alpha value is -1.67. The van der Waals surface area contributed by atoms with Crippen molar-refractivity contribution in [3.05, 3.63) is 65.7 Å². The summed E-state index contributed by atoms with van der Waals surface area (Å²) in [6.07, 6.45) is 1.42. The lowest BCUT2D eigenvalue weighted by atomic mass is 10.0. The summed E-state index contributed by atoms with van der Waals surface area (Å²) < 4.78 is 6.97. The standard InChI is InChI=1S/C27H37NO3S2Si/c1-27(2,3)34(4,5)31-24-15-12-20(13-16-24)11-14-23(29)18-25(30)28-22(19-33-26(28)32)17-21-9-7-6-8-10-21/h6-10,12-13,15-16,22-23,29H,11,14,17-19H2,1-5H3/t22-,23-/m0/s1. The third kappa shape index (κ3) is 7.17. The number of carbonyl (C=O) groups is 1. The number of benzene rings is 2. The Morgan fingerprint density at radius 1 is 1.15 bits per heavy atom. The van der Waals surface area contributed by atoms with E-state index in [2.05, 4.69) is 58.1 Å². The molecule has 0 unspecified atom stereocenters. The summed E-state index contributed by atoms with van der Waals surface area (Å²) in [7, 11) is -1.86. The number of aliphatic hydroxyl groups is 1. The van der Waals surface area contributed by atoms with Crippen LogP contribution in [0.1, 0.15) is 44.7 Å². The Morgan fingerprint density at radius 3 is 2.41 bits per heavy atom. The number of aliphatic hydroxyl groups excluding tert-OH is 1. The van der Waals surface area contributed by atoms with Gasteiger partial charge in [0.25, 0.3) is 0 Å². The van der Waals surface area contributed by atoms with Gasteiger partial charge >= 0.3 is 0 Å². The first-order valence-electron chi connectivity index (χ1n) is 11.9. The first-order valence-corrected chi connectivity index (χ1v) is 16.3. The molecule has 1 N–H and O–H groups in total. The van der Waals surface area contributed by atoms with E-state index in [4.69, 9.17) is 16.6 Å². The first-order chi connectivity index (χ1) is 16.0. The lowest BCUT2D eigenvalue weighted by Gasteiger charge is -2.36. The molecular formula is C27H37NO3S2Si. The summed E-state index contributed by atoms with van der Waals surface area (Å²) in [5.74, 6) is 1.62. The summed E-state index contributed by atoms with van der Waals surface area (Å²) in [5.41, 5.74) is 2.32. The molecule has 0 spiro atoms. The van der Waals surface area contributed by atoms with Gasteiger partial charge in [0.2, 0.25) is 14.2 Å². The van der Waals surface area contributed by atoms with Crippen LogP contribution in [0.3, 0.4) is 0 Å². The van der Waals surface area contributed by atoms with Crippen LogP contribution >= 0.6 is 24.0 Å². The number of rotatable bonds is 9. The number of carbonyl (C=O) groups excluding carboxylic acids is 1. The molecule has 4 nitrogen and oxygen atoms in total. The Bertz CT molecular complexity index is 974. The zero-order chi connectivity index (χ0) is 24.9. The van der Waals surface area contributed by atoms with E-state index in [9.17, 15) is 9.90 Å². The maximum absolute atomic E-state index is 13.0. The Morgan fingerprint density at radius 2 is 1.79 bits per heavy atom. The Labute approximate surface area is 215 Å². The smallest absolute Gasteiger partial charge is 0.250 e. The summed E-state index contributed by atoms with van der Waals surface area (Å²) >= 11 is 7.00. The molecule has 3 rings (SSSR count). The second kappa shape index (κ2) is 11.4. The number of hydrogen-bond donors (Lipinski definition) is 1. The minimum Gasteiger partial charge on any atom is -0.544 e. The fraction of sp³-hybridized carbons (Fsp3) is 0.481. The molecule has 0 saturated carbocycles. The van der Waals surface area contributed by atoms with Gasteiger partial charge in [0, 0.05) is 5.75 Å². The van der Waals surface area contributed by atoms with Crippen LogP contribution in [0.2, 0.25) is 18.1 Å². The van der Waals surface area contributed by atoms with Crippen molar-refractivity contribution in [2.75, 3.05) is 5.75 Å². The van der Waals surface area contributed by atoms with E-state index >= 15 is 0 Å². The largest absolute Gasteiger partial charge is 0.544 e. The average molecular weight is 516 g/mol. The average Bonchev–Trinajstić information content (AvgIpc) is 3.13. The van der Waals surface area contributed by atoms with E-state index < -0.39 is 14.4 Å². The molecule has 2 aromatic rings. The Kier molecular flexibility index (Phi) is 9.01. The number of nitrogens with zero attached hydrogens (tertiary/aromatic N) is 1. The van der Waals surface area contributed by atoms with E-state index in [1.807, 2.05) is 30.3 Å². The van der Waals surface area contributed by atoms with Crippen molar-refractivity contribution >= 4 is 42.5 Å². The topological polar surface area (TPSA) is 49.8 Å². The highest BCUT2D eigenvalue weighted by atomic mass is 32.2. The van der Waals surface area contributed by atoms with Crippen LogP contribution in [0.5, 0.6) is 5.75 Å². The van der Waals surface area contributed by atoms with Crippen LogP contribution < -0.4 is 4.43 Å². The van der Waals surface area contributed by atoms with Crippen LogP contribution in [-0.2, 0) is 17.6 Å². The highest BCUT2D eigenvalue weighted by Gasteiger charge is 2.39. The number of aryl methyl sites for hydroxylation is 1. The minimum atomic E-state index is -1.86. The molecule has 0 radical (unpaired) electrons. The normalized spacial score (nSPS) is 17.6. The lowest BCUT2D eigenvalue weighted by Crippen LogP contribution is -2.43. The second-order valence-corrected chi connectivity index (χ2v) is 17.0. The quantitative estimate of drug-likeness (QED) is 0.317. The fourth-order valence-corrected chi connectivity index (χ4v) is 6.19. The predicted octanol–water partition coefficient (Wildman–Crippen LogP) is 6.23. The third-order valence-electron chi connectivity index (χ3n) is 6.82. The SMILES string of the molecule is CC(C)(C)[Si](C)(C)Oc1ccc(CC[C@H](O)CC(=O)N2C(=S)SC[C@@H]2Cc2ccccc2)cc1. The van der Waals surface area contributed by atoms with Crippen LogP contribution in [-0.4, -0.2) is 46.5 Å². The lowest BCUT2D eigenvalue weighted by molar-refractivity contribution is -0.130. The van der Waals surface area contributed by atoms with Crippen molar-refractivity contribution < 1.29 is 14.3 Å². The summed E-state index contributed by atoms with van der Waals surface area (Å²) in [5, 5.41) is 10.7. The molecule has 1 aliphatic rings. The number of hydrogen-bond acceptors (Lipinski definition) is 5. The summed E-state index contributed by atoms with van der Waals surface area (Å²) in [6, 6.07) is 18.4. The molecule has 7 heteroatoms. The monoisotopic (exact) mass is 515 g/mol. The van der Waals surface area contributed by atoms with Crippen LogP contribution in [0.4, 0.5) is 0 Å². The third-order valence-corrected chi connectivity index (χ3v) is 12.7. The highest BCUT2D eigenvalue weighted by Crippen LogP contribution is 2.37. The zero-order valence-electron chi connectivity index (χ0n) is 20.9. The summed E-state index contributed by atoms with van der Waals surface area (Å²) in [4.78, 5) is 14.7. The molecule has 0 bridgehead atoms. The van der Waals surface area contributed by atoms with E-state index in [0.717, 1.165) is 23.5 Å². The maximum atomic E-state index is 13.0. The van der Waals surface area contributed by atoms with E-state index in [-0.39, 0.29) is 23.4 Å². The molecule has 1 saturated heterocycles. The van der Waals surface area contributed by atoms with Crippen molar-refractivity contribution in [1.82, 2.24) is 4.90 Å². The molecule has 34 heavy (non-hydrogen) atoms. The van der Waals surface area contributed by atoms with Crippen LogP contribution in [0.15, 0.2) is 54.6 Å². The Balaban J connectivity index is 1.50. The zero-order valence-corrected chi connectivity index (χ0v) is 23.5. The maximum Gasteiger partial charge on any atom is 0.250 e. The van der Waals surface area contributed by atoms with Crippen molar-refractivity contribution in [2.24, 2.45) is 0 Å². The number of thioether (sulfide) groups is 1. The van der Waals surface area contributed by atoms with Crippen molar-refractivity contribution in [3.8, 4) is 5.75 Å². The minimum absolute atomic E-state index is 0.0491. The van der Waals surface area contributed by atoms with Crippen molar-refractivity contribution in [2.45, 2.75) is 76.7 Å². The van der Waals surface area contributed by atoms with Crippen LogP contribution in [0, 0.1) is 0 Å². The molecule has 1 amide bonds. The molecule has 2 atom stereocenters. The van der Waals surface area contributed by atoms with Crippen molar-refractivity contribution in [3.63, 3.8) is 0 Å². The van der Waals surface area contributed by atoms with Gasteiger partial charge in [-0.2, -0.15) is 0 Å². The molecule has 1 heterocycles. The van der Waals surface area contributed by atoms with Gasteiger partial charge in [-0.1, -0.05) is 87.2 Å². The molecule has 2 aromatic carbocycles. The van der Waals surface area contributed by atoms with Crippen LogP contribution in [0.25, 0.3) is 0 Å².